The lowest BCUT2D eigenvalue weighted by molar-refractivity contribution is 0.467. The van der Waals surface area contributed by atoms with E-state index in [4.69, 9.17) is 16.3 Å². The van der Waals surface area contributed by atoms with Crippen molar-refractivity contribution < 1.29 is 9.13 Å². The lowest BCUT2D eigenvalue weighted by atomic mass is 10.2. The summed E-state index contributed by atoms with van der Waals surface area (Å²) in [5.41, 5.74) is 0.944. The molecule has 0 heterocycles. The maximum absolute atomic E-state index is 13.6. The first-order valence-electron chi connectivity index (χ1n) is 6.73. The maximum atomic E-state index is 13.6. The van der Waals surface area contributed by atoms with Crippen molar-refractivity contribution in [1.82, 2.24) is 5.32 Å². The molecular weight excluding hydrogens is 357 g/mol. The highest BCUT2D eigenvalue weighted by atomic mass is 79.9. The highest BCUT2D eigenvalue weighted by Crippen LogP contribution is 2.34. The summed E-state index contributed by atoms with van der Waals surface area (Å²) < 4.78 is 19.7. The van der Waals surface area contributed by atoms with E-state index < -0.39 is 0 Å². The Morgan fingerprint density at radius 2 is 2.10 bits per heavy atom. The van der Waals surface area contributed by atoms with Gasteiger partial charge in [-0.15, -0.1) is 0 Å². The van der Waals surface area contributed by atoms with Gasteiger partial charge in [0.25, 0.3) is 0 Å². The van der Waals surface area contributed by atoms with Crippen LogP contribution in [0.5, 0.6) is 11.5 Å². The average molecular weight is 373 g/mol. The van der Waals surface area contributed by atoms with Crippen LogP contribution in [-0.2, 0) is 6.54 Å². The molecule has 2 rings (SSSR count). The Labute approximate surface area is 137 Å². The lowest BCUT2D eigenvalue weighted by Gasteiger charge is -2.13. The number of ether oxygens (including phenoxy) is 1. The summed E-state index contributed by atoms with van der Waals surface area (Å²) in [4.78, 5) is 0. The molecule has 0 atom stereocenters. The number of benzene rings is 2. The van der Waals surface area contributed by atoms with Crippen LogP contribution < -0.4 is 10.1 Å². The van der Waals surface area contributed by atoms with Crippen molar-refractivity contribution in [2.45, 2.75) is 19.9 Å². The van der Waals surface area contributed by atoms with Crippen LogP contribution in [0.2, 0.25) is 5.02 Å². The molecule has 0 aliphatic heterocycles. The predicted molar refractivity (Wildman–Crippen MR) is 87.6 cm³/mol. The molecule has 0 bridgehead atoms. The molecule has 0 radical (unpaired) electrons. The fraction of sp³-hybridized carbons (Fsp3) is 0.250. The molecule has 0 unspecified atom stereocenters. The molecule has 5 heteroatoms. The lowest BCUT2D eigenvalue weighted by Crippen LogP contribution is -2.14. The molecule has 0 saturated heterocycles. The molecule has 2 nitrogen and oxygen atoms in total. The highest BCUT2D eigenvalue weighted by molar-refractivity contribution is 9.10. The summed E-state index contributed by atoms with van der Waals surface area (Å²) in [6, 6.07) is 10.2. The van der Waals surface area contributed by atoms with Crippen molar-refractivity contribution >= 4 is 27.5 Å². The van der Waals surface area contributed by atoms with E-state index in [2.05, 4.69) is 28.2 Å². The SMILES string of the molecule is CCCNCc1cccc(Cl)c1Oc1ccc(Br)c(F)c1. The third-order valence-corrected chi connectivity index (χ3v) is 3.84. The van der Waals surface area contributed by atoms with Gasteiger partial charge in [-0.1, -0.05) is 30.7 Å². The summed E-state index contributed by atoms with van der Waals surface area (Å²) in [5.74, 6) is 0.607. The first-order valence-corrected chi connectivity index (χ1v) is 7.90. The van der Waals surface area contributed by atoms with Crippen molar-refractivity contribution in [3.8, 4) is 11.5 Å². The van der Waals surface area contributed by atoms with Gasteiger partial charge in [0, 0.05) is 18.2 Å². The van der Waals surface area contributed by atoms with Gasteiger partial charge < -0.3 is 10.1 Å². The number of halogens is 3. The van der Waals surface area contributed by atoms with Gasteiger partial charge in [0.2, 0.25) is 0 Å². The normalized spacial score (nSPS) is 10.7. The second-order valence-electron chi connectivity index (χ2n) is 4.58. The van der Waals surface area contributed by atoms with Crippen LogP contribution in [0.1, 0.15) is 18.9 Å². The summed E-state index contributed by atoms with van der Waals surface area (Å²) in [6.07, 6.45) is 1.05. The van der Waals surface area contributed by atoms with Crippen molar-refractivity contribution in [2.24, 2.45) is 0 Å². The second kappa shape index (κ2) is 7.78. The van der Waals surface area contributed by atoms with E-state index in [0.717, 1.165) is 18.5 Å². The summed E-state index contributed by atoms with van der Waals surface area (Å²) in [7, 11) is 0. The molecule has 2 aromatic rings. The Balaban J connectivity index is 2.23. The van der Waals surface area contributed by atoms with E-state index in [-0.39, 0.29) is 5.82 Å². The Hall–Kier alpha value is -1.10. The quantitative estimate of drug-likeness (QED) is 0.673. The summed E-state index contributed by atoms with van der Waals surface area (Å²) in [6.45, 7) is 3.68. The van der Waals surface area contributed by atoms with E-state index in [1.165, 1.54) is 6.07 Å². The number of hydrogen-bond donors (Lipinski definition) is 1. The Bertz CT molecular complexity index is 621. The van der Waals surface area contributed by atoms with Gasteiger partial charge in [-0.2, -0.15) is 0 Å². The minimum absolute atomic E-state index is 0.370. The molecule has 0 aliphatic carbocycles. The molecule has 0 fully saturated rings. The van der Waals surface area contributed by atoms with E-state index in [9.17, 15) is 4.39 Å². The van der Waals surface area contributed by atoms with E-state index in [0.29, 0.717) is 27.5 Å². The fourth-order valence-corrected chi connectivity index (χ4v) is 2.34. The van der Waals surface area contributed by atoms with Gasteiger partial charge in [0.1, 0.15) is 17.3 Å². The van der Waals surface area contributed by atoms with Crippen molar-refractivity contribution in [2.75, 3.05) is 6.54 Å². The standard InChI is InChI=1S/C16H16BrClFNO/c1-2-8-20-10-11-4-3-5-14(18)16(11)21-12-6-7-13(17)15(19)9-12/h3-7,9,20H,2,8,10H2,1H3. The molecule has 112 valence electrons. The molecule has 1 N–H and O–H groups in total. The Kier molecular flexibility index (Phi) is 6.03. The van der Waals surface area contributed by atoms with Crippen LogP contribution >= 0.6 is 27.5 Å². The van der Waals surface area contributed by atoms with E-state index >= 15 is 0 Å². The van der Waals surface area contributed by atoms with Gasteiger partial charge >= 0.3 is 0 Å². The van der Waals surface area contributed by atoms with Crippen molar-refractivity contribution in [3.63, 3.8) is 0 Å². The predicted octanol–water partition coefficient (Wildman–Crippen LogP) is 5.53. The zero-order valence-electron chi connectivity index (χ0n) is 11.6. The first-order chi connectivity index (χ1) is 10.1. The molecule has 0 saturated carbocycles. The topological polar surface area (TPSA) is 21.3 Å². The average Bonchev–Trinajstić information content (AvgIpc) is 2.46. The summed E-state index contributed by atoms with van der Waals surface area (Å²) in [5, 5.41) is 3.81. The molecule has 0 spiro atoms. The van der Waals surface area contributed by atoms with Crippen LogP contribution in [0.15, 0.2) is 40.9 Å². The summed E-state index contributed by atoms with van der Waals surface area (Å²) >= 11 is 9.33. The molecule has 0 aromatic heterocycles. The minimum Gasteiger partial charge on any atom is -0.455 e. The first kappa shape index (κ1) is 16.3. The smallest absolute Gasteiger partial charge is 0.150 e. The molecule has 2 aromatic carbocycles. The van der Waals surface area contributed by atoms with Crippen LogP contribution in [0.4, 0.5) is 4.39 Å². The Morgan fingerprint density at radius 3 is 2.81 bits per heavy atom. The zero-order valence-corrected chi connectivity index (χ0v) is 14.0. The largest absolute Gasteiger partial charge is 0.455 e. The third kappa shape index (κ3) is 4.43. The third-order valence-electron chi connectivity index (χ3n) is 2.90. The molecule has 21 heavy (non-hydrogen) atoms. The number of nitrogens with one attached hydrogen (secondary N) is 1. The minimum atomic E-state index is -0.370. The monoisotopic (exact) mass is 371 g/mol. The van der Waals surface area contributed by atoms with E-state index in [1.807, 2.05) is 12.1 Å². The second-order valence-corrected chi connectivity index (χ2v) is 5.84. The number of hydrogen-bond acceptors (Lipinski definition) is 2. The maximum Gasteiger partial charge on any atom is 0.150 e. The zero-order chi connectivity index (χ0) is 15.2. The van der Waals surface area contributed by atoms with Crippen molar-refractivity contribution in [1.29, 1.82) is 0 Å². The van der Waals surface area contributed by atoms with Crippen LogP contribution in [0.3, 0.4) is 0 Å². The molecule has 0 aliphatic rings. The van der Waals surface area contributed by atoms with E-state index in [1.54, 1.807) is 18.2 Å². The van der Waals surface area contributed by atoms with Gasteiger partial charge in [-0.3, -0.25) is 0 Å². The molecular formula is C16H16BrClFNO. The van der Waals surface area contributed by atoms with Crippen LogP contribution in [-0.4, -0.2) is 6.54 Å². The Morgan fingerprint density at radius 1 is 1.29 bits per heavy atom. The molecule has 0 amide bonds. The van der Waals surface area contributed by atoms with Gasteiger partial charge in [-0.05, 0) is 47.1 Å². The van der Waals surface area contributed by atoms with Gasteiger partial charge in [0.05, 0.1) is 9.50 Å². The fourth-order valence-electron chi connectivity index (χ4n) is 1.87. The highest BCUT2D eigenvalue weighted by Gasteiger charge is 2.10. The van der Waals surface area contributed by atoms with Crippen LogP contribution in [0, 0.1) is 5.82 Å². The van der Waals surface area contributed by atoms with Gasteiger partial charge in [-0.25, -0.2) is 4.39 Å². The van der Waals surface area contributed by atoms with Gasteiger partial charge in [0.15, 0.2) is 0 Å². The number of rotatable bonds is 6. The van der Waals surface area contributed by atoms with Crippen molar-refractivity contribution in [3.05, 3.63) is 57.3 Å². The van der Waals surface area contributed by atoms with Crippen LogP contribution in [0.25, 0.3) is 0 Å². The number of para-hydroxylation sites is 1.